The Hall–Kier alpha value is -2.78. The molecule has 3 aromatic rings. The summed E-state index contributed by atoms with van der Waals surface area (Å²) in [5, 5.41) is 2.79. The monoisotopic (exact) mass is 432 g/mol. The van der Waals surface area contributed by atoms with Crippen molar-refractivity contribution in [1.29, 1.82) is 0 Å². The first-order valence-corrected chi connectivity index (χ1v) is 11.0. The lowest BCUT2D eigenvalue weighted by atomic mass is 10.2. The predicted octanol–water partition coefficient (Wildman–Crippen LogP) is 3.33. The van der Waals surface area contributed by atoms with Crippen molar-refractivity contribution in [2.75, 3.05) is 19.4 Å². The number of rotatable bonds is 7. The fourth-order valence-corrected chi connectivity index (χ4v) is 4.20. The molecule has 3 rings (SSSR count). The normalized spacial score (nSPS) is 11.9. The summed E-state index contributed by atoms with van der Waals surface area (Å²) in [6.07, 6.45) is 0.591. The third kappa shape index (κ3) is 4.36. The van der Waals surface area contributed by atoms with Gasteiger partial charge < -0.3 is 9.88 Å². The molecule has 9 heteroatoms. The van der Waals surface area contributed by atoms with Gasteiger partial charge in [0.25, 0.3) is 0 Å². The molecule has 2 aromatic carbocycles. The summed E-state index contributed by atoms with van der Waals surface area (Å²) in [7, 11) is -0.587. The van der Waals surface area contributed by atoms with Crippen LogP contribution in [-0.4, -0.2) is 42.3 Å². The second-order valence-corrected chi connectivity index (χ2v) is 9.37. The fraction of sp³-hybridized carbons (Fsp3) is 0.333. The van der Waals surface area contributed by atoms with Gasteiger partial charge >= 0.3 is 0 Å². The topological polar surface area (TPSA) is 84.3 Å². The number of amides is 1. The minimum absolute atomic E-state index is 0.178. The summed E-state index contributed by atoms with van der Waals surface area (Å²) in [5.74, 6) is 0.158. The predicted molar refractivity (Wildman–Crippen MR) is 114 cm³/mol. The smallest absolute Gasteiger partial charge is 0.242 e. The Labute approximate surface area is 175 Å². The Balaban J connectivity index is 1.81. The van der Waals surface area contributed by atoms with Crippen LogP contribution in [0, 0.1) is 12.7 Å². The van der Waals surface area contributed by atoms with Gasteiger partial charge in [0.05, 0.1) is 15.9 Å². The molecule has 0 saturated heterocycles. The summed E-state index contributed by atoms with van der Waals surface area (Å²) in [6.45, 7) is 4.34. The van der Waals surface area contributed by atoms with Gasteiger partial charge in [0.15, 0.2) is 0 Å². The Morgan fingerprint density at radius 2 is 1.93 bits per heavy atom. The summed E-state index contributed by atoms with van der Waals surface area (Å²) in [4.78, 5) is 17.1. The van der Waals surface area contributed by atoms with E-state index in [2.05, 4.69) is 10.3 Å². The highest BCUT2D eigenvalue weighted by atomic mass is 32.2. The van der Waals surface area contributed by atoms with Crippen molar-refractivity contribution >= 4 is 32.7 Å². The number of carbonyl (C=O) groups excluding carboxylic acids is 1. The van der Waals surface area contributed by atoms with Crippen LogP contribution in [0.1, 0.15) is 24.7 Å². The molecule has 0 spiro atoms. The number of sulfonamides is 1. The van der Waals surface area contributed by atoms with E-state index in [9.17, 15) is 17.6 Å². The van der Waals surface area contributed by atoms with E-state index in [1.54, 1.807) is 25.1 Å². The summed E-state index contributed by atoms with van der Waals surface area (Å²) >= 11 is 0. The number of nitrogens with one attached hydrogen (secondary N) is 1. The van der Waals surface area contributed by atoms with Crippen LogP contribution >= 0.6 is 0 Å². The Morgan fingerprint density at radius 1 is 1.20 bits per heavy atom. The number of anilines is 1. The number of aryl methyl sites for hydroxylation is 3. The molecule has 0 fully saturated rings. The minimum atomic E-state index is -3.55. The van der Waals surface area contributed by atoms with Gasteiger partial charge in [-0.2, -0.15) is 0 Å². The van der Waals surface area contributed by atoms with Gasteiger partial charge in [-0.3, -0.25) is 4.79 Å². The first-order valence-electron chi connectivity index (χ1n) is 9.61. The summed E-state index contributed by atoms with van der Waals surface area (Å²) in [6, 6.07) is 9.08. The first-order chi connectivity index (χ1) is 14.1. The second kappa shape index (κ2) is 8.53. The van der Waals surface area contributed by atoms with E-state index < -0.39 is 10.0 Å². The van der Waals surface area contributed by atoms with E-state index in [-0.39, 0.29) is 23.0 Å². The SMILES string of the molecule is CCn1c(CCC(=O)Nc2ccc(F)cc2C)nc2cc(S(=O)(=O)N(C)C)ccc21. The lowest BCUT2D eigenvalue weighted by Crippen LogP contribution is -2.22. The summed E-state index contributed by atoms with van der Waals surface area (Å²) < 4.78 is 41.1. The van der Waals surface area contributed by atoms with E-state index in [4.69, 9.17) is 0 Å². The van der Waals surface area contributed by atoms with Gasteiger partial charge in [0, 0.05) is 39.2 Å². The number of benzene rings is 2. The van der Waals surface area contributed by atoms with Crippen molar-refractivity contribution < 1.29 is 17.6 Å². The molecule has 0 atom stereocenters. The molecule has 160 valence electrons. The van der Waals surface area contributed by atoms with Gasteiger partial charge in [-0.25, -0.2) is 22.1 Å². The molecule has 1 N–H and O–H groups in total. The van der Waals surface area contributed by atoms with Crippen molar-refractivity contribution in [2.45, 2.75) is 38.1 Å². The van der Waals surface area contributed by atoms with Crippen LogP contribution in [0.15, 0.2) is 41.3 Å². The van der Waals surface area contributed by atoms with Gasteiger partial charge in [0.2, 0.25) is 15.9 Å². The number of aromatic nitrogens is 2. The van der Waals surface area contributed by atoms with E-state index >= 15 is 0 Å². The molecule has 1 amide bonds. The van der Waals surface area contributed by atoms with Crippen LogP contribution in [0.2, 0.25) is 0 Å². The molecular formula is C21H25FN4O3S. The van der Waals surface area contributed by atoms with Gasteiger partial charge in [0.1, 0.15) is 11.6 Å². The van der Waals surface area contributed by atoms with Gasteiger partial charge in [-0.15, -0.1) is 0 Å². The van der Waals surface area contributed by atoms with E-state index in [1.807, 2.05) is 11.5 Å². The van der Waals surface area contributed by atoms with Crippen LogP contribution in [0.4, 0.5) is 10.1 Å². The van der Waals surface area contributed by atoms with Crippen LogP contribution in [0.3, 0.4) is 0 Å². The average Bonchev–Trinajstić information content (AvgIpc) is 3.05. The highest BCUT2D eigenvalue weighted by Crippen LogP contribution is 2.23. The minimum Gasteiger partial charge on any atom is -0.328 e. The lowest BCUT2D eigenvalue weighted by molar-refractivity contribution is -0.116. The molecule has 0 aliphatic rings. The second-order valence-electron chi connectivity index (χ2n) is 7.22. The standard InChI is InChI=1S/C21H25FN4O3S/c1-5-26-19-9-7-16(30(28,29)25(3)4)13-18(19)23-20(26)10-11-21(27)24-17-8-6-15(22)12-14(17)2/h6-9,12-13H,5,10-11H2,1-4H3,(H,24,27). The molecule has 0 saturated carbocycles. The van der Waals surface area contributed by atoms with E-state index in [0.29, 0.717) is 35.6 Å². The summed E-state index contributed by atoms with van der Waals surface area (Å²) in [5.41, 5.74) is 2.62. The van der Waals surface area contributed by atoms with Crippen LogP contribution in [0.25, 0.3) is 11.0 Å². The molecule has 7 nitrogen and oxygen atoms in total. The van der Waals surface area contributed by atoms with E-state index in [0.717, 1.165) is 9.82 Å². The Bertz CT molecular complexity index is 1200. The van der Waals surface area contributed by atoms with Gasteiger partial charge in [-0.1, -0.05) is 0 Å². The zero-order chi connectivity index (χ0) is 22.1. The third-order valence-electron chi connectivity index (χ3n) is 4.93. The molecule has 1 aromatic heterocycles. The van der Waals surface area contributed by atoms with E-state index in [1.165, 1.54) is 32.3 Å². The van der Waals surface area contributed by atoms with Crippen LogP contribution in [0.5, 0.6) is 0 Å². The molecule has 0 bridgehead atoms. The number of carbonyl (C=O) groups is 1. The Morgan fingerprint density at radius 3 is 2.57 bits per heavy atom. The zero-order valence-electron chi connectivity index (χ0n) is 17.4. The average molecular weight is 433 g/mol. The molecule has 0 radical (unpaired) electrons. The van der Waals surface area contributed by atoms with Crippen LogP contribution in [-0.2, 0) is 27.8 Å². The quantitative estimate of drug-likeness (QED) is 0.621. The van der Waals surface area contributed by atoms with Crippen molar-refractivity contribution in [1.82, 2.24) is 13.9 Å². The van der Waals surface area contributed by atoms with Crippen molar-refractivity contribution in [3.63, 3.8) is 0 Å². The fourth-order valence-electron chi connectivity index (χ4n) is 3.28. The zero-order valence-corrected chi connectivity index (χ0v) is 18.3. The number of fused-ring (bicyclic) bond motifs is 1. The highest BCUT2D eigenvalue weighted by molar-refractivity contribution is 7.89. The largest absolute Gasteiger partial charge is 0.328 e. The Kier molecular flexibility index (Phi) is 6.23. The lowest BCUT2D eigenvalue weighted by Gasteiger charge is -2.11. The molecular weight excluding hydrogens is 407 g/mol. The number of hydrogen-bond acceptors (Lipinski definition) is 4. The maximum absolute atomic E-state index is 13.2. The maximum Gasteiger partial charge on any atom is 0.242 e. The number of hydrogen-bond donors (Lipinski definition) is 1. The molecule has 0 aliphatic heterocycles. The third-order valence-corrected chi connectivity index (χ3v) is 6.74. The molecule has 30 heavy (non-hydrogen) atoms. The molecule has 0 unspecified atom stereocenters. The number of nitrogens with zero attached hydrogens (tertiary/aromatic N) is 3. The number of halogens is 1. The van der Waals surface area contributed by atoms with Crippen molar-refractivity contribution in [3.8, 4) is 0 Å². The molecule has 0 aliphatic carbocycles. The van der Waals surface area contributed by atoms with Crippen molar-refractivity contribution in [3.05, 3.63) is 53.6 Å². The highest BCUT2D eigenvalue weighted by Gasteiger charge is 2.19. The molecule has 1 heterocycles. The van der Waals surface area contributed by atoms with Crippen LogP contribution < -0.4 is 5.32 Å². The maximum atomic E-state index is 13.2. The van der Waals surface area contributed by atoms with Crippen molar-refractivity contribution in [2.24, 2.45) is 0 Å². The number of imidazole rings is 1. The first kappa shape index (κ1) is 21.9. The van der Waals surface area contributed by atoms with Gasteiger partial charge in [-0.05, 0) is 55.8 Å².